The predicted molar refractivity (Wildman–Crippen MR) is 121 cm³/mol. The summed E-state index contributed by atoms with van der Waals surface area (Å²) in [6.45, 7) is 10.1. The minimum atomic E-state index is -0.263. The molecule has 7 heteroatoms. The summed E-state index contributed by atoms with van der Waals surface area (Å²) < 4.78 is 8.00. The number of ether oxygens (including phenoxy) is 1. The lowest BCUT2D eigenvalue weighted by molar-refractivity contribution is -0.113. The molecule has 3 aromatic rings. The minimum absolute atomic E-state index is 0.0748. The first kappa shape index (κ1) is 21.9. The van der Waals surface area contributed by atoms with Gasteiger partial charge in [-0.05, 0) is 75.1 Å². The fourth-order valence-electron chi connectivity index (χ4n) is 3.27. The molecule has 6 nitrogen and oxygen atoms in total. The normalized spacial score (nSPS) is 11.9. The Balaban J connectivity index is 1.62. The molecule has 0 aliphatic rings. The van der Waals surface area contributed by atoms with Gasteiger partial charge in [0.15, 0.2) is 17.1 Å². The van der Waals surface area contributed by atoms with E-state index in [1.807, 2.05) is 63.6 Å². The monoisotopic (exact) mass is 424 g/mol. The molecule has 1 aromatic heterocycles. The van der Waals surface area contributed by atoms with Crippen molar-refractivity contribution in [2.75, 3.05) is 11.1 Å². The number of thioether (sulfide) groups is 1. The van der Waals surface area contributed by atoms with E-state index in [0.717, 1.165) is 28.1 Å². The van der Waals surface area contributed by atoms with Crippen molar-refractivity contribution in [3.63, 3.8) is 0 Å². The van der Waals surface area contributed by atoms with Gasteiger partial charge in [0, 0.05) is 12.7 Å². The Kier molecular flexibility index (Phi) is 6.82. The quantitative estimate of drug-likeness (QED) is 0.545. The van der Waals surface area contributed by atoms with Crippen LogP contribution in [0.4, 0.5) is 5.69 Å². The first-order valence-electron chi connectivity index (χ1n) is 9.87. The van der Waals surface area contributed by atoms with E-state index in [4.69, 9.17) is 4.74 Å². The van der Waals surface area contributed by atoms with Crippen LogP contribution in [0.1, 0.15) is 41.1 Å². The Labute approximate surface area is 182 Å². The smallest absolute Gasteiger partial charge is 0.234 e. The number of hydrogen-bond donors (Lipinski definition) is 1. The van der Waals surface area contributed by atoms with Crippen LogP contribution >= 0.6 is 11.8 Å². The molecule has 0 bridgehead atoms. The summed E-state index contributed by atoms with van der Waals surface area (Å²) in [4.78, 5) is 12.4. The molecule has 0 radical (unpaired) electrons. The second-order valence-corrected chi connectivity index (χ2v) is 8.51. The van der Waals surface area contributed by atoms with Crippen molar-refractivity contribution in [1.29, 1.82) is 0 Å². The molecule has 1 atom stereocenters. The van der Waals surface area contributed by atoms with Gasteiger partial charge in [-0.25, -0.2) is 0 Å². The summed E-state index contributed by atoms with van der Waals surface area (Å²) in [6.07, 6.45) is -0.263. The maximum absolute atomic E-state index is 12.4. The number of anilines is 1. The van der Waals surface area contributed by atoms with Gasteiger partial charge in [-0.2, -0.15) is 0 Å². The fourth-order valence-corrected chi connectivity index (χ4v) is 3.99. The van der Waals surface area contributed by atoms with Gasteiger partial charge in [-0.1, -0.05) is 30.0 Å². The number of hydrogen-bond acceptors (Lipinski definition) is 5. The lowest BCUT2D eigenvalue weighted by atomic mass is 10.1. The molecule has 158 valence electrons. The third-order valence-corrected chi connectivity index (χ3v) is 5.95. The number of nitrogens with one attached hydrogen (secondary N) is 1. The highest BCUT2D eigenvalue weighted by molar-refractivity contribution is 7.99. The van der Waals surface area contributed by atoms with Gasteiger partial charge < -0.3 is 14.6 Å². The summed E-state index contributed by atoms with van der Waals surface area (Å²) >= 11 is 1.35. The highest BCUT2D eigenvalue weighted by atomic mass is 32.2. The van der Waals surface area contributed by atoms with Crippen molar-refractivity contribution < 1.29 is 9.53 Å². The van der Waals surface area contributed by atoms with Gasteiger partial charge in [0.05, 0.1) is 5.75 Å². The van der Waals surface area contributed by atoms with E-state index < -0.39 is 0 Å². The average molecular weight is 425 g/mol. The number of aryl methyl sites for hydroxylation is 3. The summed E-state index contributed by atoms with van der Waals surface area (Å²) in [5, 5.41) is 12.1. The zero-order chi connectivity index (χ0) is 21.8. The molecule has 30 heavy (non-hydrogen) atoms. The third-order valence-electron chi connectivity index (χ3n) is 4.93. The van der Waals surface area contributed by atoms with Gasteiger partial charge in [-0.3, -0.25) is 4.79 Å². The first-order valence-corrected chi connectivity index (χ1v) is 10.9. The summed E-state index contributed by atoms with van der Waals surface area (Å²) in [5.41, 5.74) is 5.35. The molecule has 2 aromatic carbocycles. The summed E-state index contributed by atoms with van der Waals surface area (Å²) in [7, 11) is 1.89. The van der Waals surface area contributed by atoms with Crippen molar-refractivity contribution in [3.8, 4) is 5.75 Å². The number of carbonyl (C=O) groups is 1. The maximum Gasteiger partial charge on any atom is 0.234 e. The number of amides is 1. The Hall–Kier alpha value is -2.80. The molecule has 0 aliphatic carbocycles. The van der Waals surface area contributed by atoms with Gasteiger partial charge in [-0.15, -0.1) is 10.2 Å². The van der Waals surface area contributed by atoms with E-state index in [0.29, 0.717) is 11.0 Å². The molecule has 3 rings (SSSR count). The van der Waals surface area contributed by atoms with Crippen LogP contribution in [-0.4, -0.2) is 26.4 Å². The maximum atomic E-state index is 12.4. The van der Waals surface area contributed by atoms with Crippen molar-refractivity contribution in [2.24, 2.45) is 7.05 Å². The summed E-state index contributed by atoms with van der Waals surface area (Å²) in [5.74, 6) is 1.74. The van der Waals surface area contributed by atoms with E-state index in [2.05, 4.69) is 34.6 Å². The van der Waals surface area contributed by atoms with Gasteiger partial charge >= 0.3 is 0 Å². The van der Waals surface area contributed by atoms with Crippen LogP contribution in [0.25, 0.3) is 0 Å². The molecule has 1 amide bonds. The lowest BCUT2D eigenvalue weighted by Crippen LogP contribution is -2.15. The van der Waals surface area contributed by atoms with Gasteiger partial charge in [0.25, 0.3) is 0 Å². The SMILES string of the molecule is Cc1cc(C)cc(NC(=O)CSc2nnc(C(C)Oc3cccc(C)c3C)n2C)c1. The Morgan fingerprint density at radius 1 is 1.13 bits per heavy atom. The van der Waals surface area contributed by atoms with Crippen LogP contribution in [0, 0.1) is 27.7 Å². The standard InChI is InChI=1S/C23H28N4O2S/c1-14-10-15(2)12-19(11-14)24-21(28)13-30-23-26-25-22(27(23)6)18(5)29-20-9-7-8-16(3)17(20)4/h7-12,18H,13H2,1-6H3,(H,24,28). The molecule has 1 heterocycles. The molecule has 1 unspecified atom stereocenters. The van der Waals surface area contributed by atoms with Crippen LogP contribution in [0.3, 0.4) is 0 Å². The minimum Gasteiger partial charge on any atom is -0.482 e. The van der Waals surface area contributed by atoms with Crippen molar-refractivity contribution >= 4 is 23.4 Å². The van der Waals surface area contributed by atoms with Crippen LogP contribution < -0.4 is 10.1 Å². The van der Waals surface area contributed by atoms with E-state index in [9.17, 15) is 4.79 Å². The molecule has 0 saturated heterocycles. The molecular weight excluding hydrogens is 396 g/mol. The number of carbonyl (C=O) groups excluding carboxylic acids is 1. The molecule has 0 aliphatic heterocycles. The van der Waals surface area contributed by atoms with E-state index >= 15 is 0 Å². The van der Waals surface area contributed by atoms with Crippen LogP contribution in [0.5, 0.6) is 5.75 Å². The summed E-state index contributed by atoms with van der Waals surface area (Å²) in [6, 6.07) is 12.0. The highest BCUT2D eigenvalue weighted by Crippen LogP contribution is 2.27. The number of rotatable bonds is 7. The van der Waals surface area contributed by atoms with Crippen molar-refractivity contribution in [2.45, 2.75) is 45.9 Å². The number of nitrogens with zero attached hydrogens (tertiary/aromatic N) is 3. The largest absolute Gasteiger partial charge is 0.482 e. The van der Waals surface area contributed by atoms with E-state index in [1.165, 1.54) is 17.3 Å². The van der Waals surface area contributed by atoms with Gasteiger partial charge in [0.2, 0.25) is 5.91 Å². The van der Waals surface area contributed by atoms with Crippen LogP contribution in [0.2, 0.25) is 0 Å². The molecule has 0 fully saturated rings. The van der Waals surface area contributed by atoms with Crippen molar-refractivity contribution in [1.82, 2.24) is 14.8 Å². The fraction of sp³-hybridized carbons (Fsp3) is 0.348. The first-order chi connectivity index (χ1) is 14.2. The highest BCUT2D eigenvalue weighted by Gasteiger charge is 2.19. The topological polar surface area (TPSA) is 69.0 Å². The number of aromatic nitrogens is 3. The lowest BCUT2D eigenvalue weighted by Gasteiger charge is -2.16. The number of benzene rings is 2. The second-order valence-electron chi connectivity index (χ2n) is 7.57. The predicted octanol–water partition coefficient (Wildman–Crippen LogP) is 4.92. The van der Waals surface area contributed by atoms with Crippen LogP contribution in [0.15, 0.2) is 41.6 Å². The third kappa shape index (κ3) is 5.21. The Morgan fingerprint density at radius 2 is 1.83 bits per heavy atom. The molecular formula is C23H28N4O2S. The zero-order valence-corrected chi connectivity index (χ0v) is 19.1. The molecule has 0 spiro atoms. The Morgan fingerprint density at radius 3 is 2.53 bits per heavy atom. The average Bonchev–Trinajstić information content (AvgIpc) is 3.03. The molecule has 0 saturated carbocycles. The zero-order valence-electron chi connectivity index (χ0n) is 18.3. The van der Waals surface area contributed by atoms with Crippen molar-refractivity contribution in [3.05, 3.63) is 64.5 Å². The Bertz CT molecular complexity index is 1040. The molecule has 1 N–H and O–H groups in total. The van der Waals surface area contributed by atoms with Gasteiger partial charge in [0.1, 0.15) is 5.75 Å². The van der Waals surface area contributed by atoms with E-state index in [1.54, 1.807) is 0 Å². The second kappa shape index (κ2) is 9.34. The van der Waals surface area contributed by atoms with Crippen LogP contribution in [-0.2, 0) is 11.8 Å². The van der Waals surface area contributed by atoms with E-state index in [-0.39, 0.29) is 17.8 Å².